The molecule has 0 saturated carbocycles. The Bertz CT molecular complexity index is 427. The van der Waals surface area contributed by atoms with Crippen LogP contribution in [0.2, 0.25) is 0 Å². The first-order valence-electron chi connectivity index (χ1n) is 7.48. The first kappa shape index (κ1) is 18.4. The van der Waals surface area contributed by atoms with Crippen molar-refractivity contribution in [3.05, 3.63) is 28.2 Å². The van der Waals surface area contributed by atoms with Gasteiger partial charge in [-0.3, -0.25) is 0 Å². The van der Waals surface area contributed by atoms with E-state index in [-0.39, 0.29) is 5.75 Å². The molecule has 1 aromatic rings. The van der Waals surface area contributed by atoms with Crippen molar-refractivity contribution in [3.8, 4) is 5.75 Å². The summed E-state index contributed by atoms with van der Waals surface area (Å²) in [5.41, 5.74) is 0. The van der Waals surface area contributed by atoms with Gasteiger partial charge in [0.15, 0.2) is 11.6 Å². The molecule has 0 atom stereocenters. The van der Waals surface area contributed by atoms with Gasteiger partial charge in [0, 0.05) is 4.47 Å². The molecule has 0 fully saturated rings. The lowest BCUT2D eigenvalue weighted by Crippen LogP contribution is -2.20. The van der Waals surface area contributed by atoms with Crippen LogP contribution in [0.1, 0.15) is 39.5 Å². The molecule has 0 aliphatic carbocycles. The Kier molecular flexibility index (Phi) is 8.85. The molecule has 2 nitrogen and oxygen atoms in total. The lowest BCUT2D eigenvalue weighted by atomic mass is 10.2. The molecule has 0 spiro atoms. The molecule has 5 heteroatoms. The highest BCUT2D eigenvalue weighted by atomic mass is 79.9. The highest BCUT2D eigenvalue weighted by Crippen LogP contribution is 2.25. The summed E-state index contributed by atoms with van der Waals surface area (Å²) < 4.78 is 32.4. The Balaban J connectivity index is 2.09. The van der Waals surface area contributed by atoms with Gasteiger partial charge in [0.1, 0.15) is 0 Å². The second-order valence-corrected chi connectivity index (χ2v) is 6.48. The van der Waals surface area contributed by atoms with Crippen molar-refractivity contribution < 1.29 is 13.5 Å². The summed E-state index contributed by atoms with van der Waals surface area (Å²) in [6.07, 6.45) is 4.12. The second-order valence-electron chi connectivity index (χ2n) is 5.56. The third-order valence-electron chi connectivity index (χ3n) is 3.02. The van der Waals surface area contributed by atoms with E-state index in [1.165, 1.54) is 6.07 Å². The Hall–Kier alpha value is -0.680. The van der Waals surface area contributed by atoms with Gasteiger partial charge in [0.2, 0.25) is 5.82 Å². The summed E-state index contributed by atoms with van der Waals surface area (Å²) in [5.74, 6) is -1.16. The van der Waals surface area contributed by atoms with Crippen LogP contribution in [0.3, 0.4) is 0 Å². The van der Waals surface area contributed by atoms with Gasteiger partial charge < -0.3 is 10.1 Å². The number of hydrogen-bond donors (Lipinski definition) is 1. The third-order valence-corrected chi connectivity index (χ3v) is 3.48. The zero-order valence-electron chi connectivity index (χ0n) is 12.7. The Morgan fingerprint density at radius 3 is 2.57 bits per heavy atom. The van der Waals surface area contributed by atoms with Gasteiger partial charge in [-0.15, -0.1) is 0 Å². The van der Waals surface area contributed by atoms with E-state index in [0.29, 0.717) is 17.0 Å². The molecule has 0 aliphatic rings. The van der Waals surface area contributed by atoms with Crippen LogP contribution in [-0.4, -0.2) is 19.7 Å². The van der Waals surface area contributed by atoms with Crippen LogP contribution in [-0.2, 0) is 0 Å². The lowest BCUT2D eigenvalue weighted by molar-refractivity contribution is 0.284. The number of unbranched alkanes of at least 4 members (excludes halogenated alkanes) is 3. The van der Waals surface area contributed by atoms with Gasteiger partial charge in [-0.2, -0.15) is 4.39 Å². The van der Waals surface area contributed by atoms with Crippen molar-refractivity contribution in [2.24, 2.45) is 5.92 Å². The normalized spacial score (nSPS) is 11.1. The fourth-order valence-corrected chi connectivity index (χ4v) is 2.32. The predicted molar refractivity (Wildman–Crippen MR) is 85.7 cm³/mol. The van der Waals surface area contributed by atoms with Gasteiger partial charge >= 0.3 is 0 Å². The van der Waals surface area contributed by atoms with Crippen LogP contribution in [0.4, 0.5) is 8.78 Å². The number of ether oxygens (including phenoxy) is 1. The van der Waals surface area contributed by atoms with Gasteiger partial charge in [-0.1, -0.05) is 42.6 Å². The average molecular weight is 364 g/mol. The molecule has 0 radical (unpaired) electrons. The van der Waals surface area contributed by atoms with Gasteiger partial charge in [-0.05, 0) is 44.0 Å². The van der Waals surface area contributed by atoms with E-state index in [1.54, 1.807) is 0 Å². The standard InChI is InChI=1S/C16H24BrF2NO/c1-12(2)11-20-7-5-3-4-6-8-21-15-10-13(17)9-14(18)16(15)19/h9-10,12,20H,3-8,11H2,1-2H3. The van der Waals surface area contributed by atoms with Crippen LogP contribution in [0.5, 0.6) is 5.75 Å². The molecule has 0 heterocycles. The van der Waals surface area contributed by atoms with E-state index >= 15 is 0 Å². The first-order chi connectivity index (χ1) is 10.0. The summed E-state index contributed by atoms with van der Waals surface area (Å²) in [5, 5.41) is 3.39. The van der Waals surface area contributed by atoms with Crippen LogP contribution in [0.15, 0.2) is 16.6 Å². The quantitative estimate of drug-likeness (QED) is 0.470. The molecule has 0 bridgehead atoms. The molecule has 0 saturated heterocycles. The Morgan fingerprint density at radius 2 is 1.86 bits per heavy atom. The summed E-state index contributed by atoms with van der Waals surface area (Å²) in [7, 11) is 0. The zero-order valence-corrected chi connectivity index (χ0v) is 14.3. The SMILES string of the molecule is CC(C)CNCCCCCCOc1cc(Br)cc(F)c1F. The van der Waals surface area contributed by atoms with Crippen LogP contribution in [0.25, 0.3) is 0 Å². The van der Waals surface area contributed by atoms with Crippen molar-refractivity contribution in [2.45, 2.75) is 39.5 Å². The maximum atomic E-state index is 13.4. The third kappa shape index (κ3) is 7.77. The average Bonchev–Trinajstić information content (AvgIpc) is 2.41. The minimum atomic E-state index is -0.920. The maximum absolute atomic E-state index is 13.4. The predicted octanol–water partition coefficient (Wildman–Crippen LogP) is 4.91. The summed E-state index contributed by atoms with van der Waals surface area (Å²) in [6.45, 7) is 6.87. The van der Waals surface area contributed by atoms with E-state index in [1.807, 2.05) is 0 Å². The van der Waals surface area contributed by atoms with E-state index < -0.39 is 11.6 Å². The van der Waals surface area contributed by atoms with Crippen LogP contribution < -0.4 is 10.1 Å². The van der Waals surface area contributed by atoms with Crippen molar-refractivity contribution in [2.75, 3.05) is 19.7 Å². The van der Waals surface area contributed by atoms with Gasteiger partial charge in [0.05, 0.1) is 6.61 Å². The second kappa shape index (κ2) is 10.1. The topological polar surface area (TPSA) is 21.3 Å². The summed E-state index contributed by atoms with van der Waals surface area (Å²) in [4.78, 5) is 0. The molecule has 1 aromatic carbocycles. The monoisotopic (exact) mass is 363 g/mol. The number of rotatable bonds is 10. The molecule has 0 aliphatic heterocycles. The lowest BCUT2D eigenvalue weighted by Gasteiger charge is -2.09. The number of hydrogen-bond acceptors (Lipinski definition) is 2. The molecular formula is C16H24BrF2NO. The smallest absolute Gasteiger partial charge is 0.200 e. The molecule has 0 amide bonds. The number of benzene rings is 1. The van der Waals surface area contributed by atoms with Gasteiger partial charge in [0.25, 0.3) is 0 Å². The Morgan fingerprint density at radius 1 is 1.14 bits per heavy atom. The highest BCUT2D eigenvalue weighted by molar-refractivity contribution is 9.10. The molecular weight excluding hydrogens is 340 g/mol. The van der Waals surface area contributed by atoms with E-state index in [4.69, 9.17) is 4.74 Å². The first-order valence-corrected chi connectivity index (χ1v) is 8.28. The minimum Gasteiger partial charge on any atom is -0.490 e. The van der Waals surface area contributed by atoms with Crippen molar-refractivity contribution in [3.63, 3.8) is 0 Å². The van der Waals surface area contributed by atoms with E-state index in [2.05, 4.69) is 35.1 Å². The molecule has 1 N–H and O–H groups in total. The molecule has 0 aromatic heterocycles. The van der Waals surface area contributed by atoms with Gasteiger partial charge in [-0.25, -0.2) is 4.39 Å². The zero-order chi connectivity index (χ0) is 15.7. The minimum absolute atomic E-state index is 0.0273. The number of nitrogens with one attached hydrogen (secondary N) is 1. The summed E-state index contributed by atoms with van der Waals surface area (Å²) in [6, 6.07) is 2.54. The fourth-order valence-electron chi connectivity index (χ4n) is 1.92. The summed E-state index contributed by atoms with van der Waals surface area (Å²) >= 11 is 3.12. The van der Waals surface area contributed by atoms with Crippen molar-refractivity contribution in [1.82, 2.24) is 5.32 Å². The van der Waals surface area contributed by atoms with Crippen molar-refractivity contribution in [1.29, 1.82) is 0 Å². The molecule has 120 valence electrons. The van der Waals surface area contributed by atoms with Crippen molar-refractivity contribution >= 4 is 15.9 Å². The van der Waals surface area contributed by atoms with Crippen LogP contribution >= 0.6 is 15.9 Å². The van der Waals surface area contributed by atoms with E-state index in [9.17, 15) is 8.78 Å². The molecule has 21 heavy (non-hydrogen) atoms. The fraction of sp³-hybridized carbons (Fsp3) is 0.625. The molecule has 0 unspecified atom stereocenters. The van der Waals surface area contributed by atoms with Crippen LogP contribution in [0, 0.1) is 17.6 Å². The Labute approximate surface area is 134 Å². The maximum Gasteiger partial charge on any atom is 0.200 e. The molecule has 1 rings (SSSR count). The number of halogens is 3. The largest absolute Gasteiger partial charge is 0.490 e. The van der Waals surface area contributed by atoms with E-state index in [0.717, 1.165) is 44.8 Å². The highest BCUT2D eigenvalue weighted by Gasteiger charge is 2.10.